The van der Waals surface area contributed by atoms with Gasteiger partial charge in [-0.25, -0.2) is 0 Å². The van der Waals surface area contributed by atoms with Crippen molar-refractivity contribution in [3.8, 4) is 11.5 Å². The predicted octanol–water partition coefficient (Wildman–Crippen LogP) is 4.17. The fraction of sp³-hybridized carbons (Fsp3) is 0.304. The molecule has 7 heteroatoms. The van der Waals surface area contributed by atoms with Crippen molar-refractivity contribution in [1.82, 2.24) is 10.2 Å². The van der Waals surface area contributed by atoms with Gasteiger partial charge in [0.15, 0.2) is 11.5 Å². The molecule has 0 aromatic heterocycles. The summed E-state index contributed by atoms with van der Waals surface area (Å²) in [5.74, 6) is 0.718. The molecule has 0 saturated heterocycles. The van der Waals surface area contributed by atoms with Crippen LogP contribution in [0.3, 0.4) is 0 Å². The van der Waals surface area contributed by atoms with Crippen molar-refractivity contribution in [3.63, 3.8) is 0 Å². The van der Waals surface area contributed by atoms with Crippen LogP contribution in [0.1, 0.15) is 34.8 Å². The van der Waals surface area contributed by atoms with Crippen LogP contribution < -0.4 is 14.8 Å². The lowest BCUT2D eigenvalue weighted by Gasteiger charge is -2.15. The van der Waals surface area contributed by atoms with Gasteiger partial charge in [-0.15, -0.1) is 0 Å². The van der Waals surface area contributed by atoms with E-state index >= 15 is 0 Å². The highest BCUT2D eigenvalue weighted by atomic mass is 35.5. The number of carbonyl (C=O) groups excluding carboxylic acids is 2. The van der Waals surface area contributed by atoms with E-state index < -0.39 is 0 Å². The molecule has 0 aliphatic heterocycles. The van der Waals surface area contributed by atoms with E-state index in [-0.39, 0.29) is 11.8 Å². The molecule has 0 saturated carbocycles. The minimum atomic E-state index is -0.160. The van der Waals surface area contributed by atoms with Crippen LogP contribution in [0.2, 0.25) is 5.02 Å². The molecule has 0 bridgehead atoms. The molecule has 0 aliphatic rings. The highest BCUT2D eigenvalue weighted by Crippen LogP contribution is 2.36. The lowest BCUT2D eigenvalue weighted by atomic mass is 10.1. The van der Waals surface area contributed by atoms with Crippen LogP contribution in [-0.4, -0.2) is 44.5 Å². The molecule has 0 heterocycles. The fourth-order valence-corrected chi connectivity index (χ4v) is 3.01. The average molecular weight is 431 g/mol. The molecular weight excluding hydrogens is 404 g/mol. The van der Waals surface area contributed by atoms with Gasteiger partial charge in [-0.2, -0.15) is 0 Å². The second-order valence-corrected chi connectivity index (χ2v) is 7.09. The number of amides is 2. The Labute approximate surface area is 182 Å². The average Bonchev–Trinajstić information content (AvgIpc) is 2.76. The Bertz CT molecular complexity index is 910. The maximum atomic E-state index is 12.5. The quantitative estimate of drug-likeness (QED) is 0.606. The topological polar surface area (TPSA) is 67.9 Å². The molecule has 160 valence electrons. The van der Waals surface area contributed by atoms with Crippen molar-refractivity contribution in [2.24, 2.45) is 0 Å². The maximum Gasteiger partial charge on any atom is 0.251 e. The van der Waals surface area contributed by atoms with E-state index in [2.05, 4.69) is 5.32 Å². The molecule has 2 aromatic carbocycles. The monoisotopic (exact) mass is 430 g/mol. The summed E-state index contributed by atoms with van der Waals surface area (Å²) < 4.78 is 11.0. The van der Waals surface area contributed by atoms with Crippen LogP contribution >= 0.6 is 11.6 Å². The van der Waals surface area contributed by atoms with E-state index in [1.54, 1.807) is 56.4 Å². The summed E-state index contributed by atoms with van der Waals surface area (Å²) in [4.78, 5) is 25.7. The number of likely N-dealkylation sites (N-methyl/N-ethyl adjacent to an activating group) is 1. The second kappa shape index (κ2) is 11.3. The highest BCUT2D eigenvalue weighted by molar-refractivity contribution is 6.32. The zero-order chi connectivity index (χ0) is 22.1. The number of nitrogens with one attached hydrogen (secondary N) is 1. The molecule has 0 fully saturated rings. The van der Waals surface area contributed by atoms with Crippen LogP contribution in [0.15, 0.2) is 42.5 Å². The number of methoxy groups -OCH3 is 1. The summed E-state index contributed by atoms with van der Waals surface area (Å²) in [5.41, 5.74) is 2.23. The summed E-state index contributed by atoms with van der Waals surface area (Å²) in [5, 5.41) is 3.01. The molecule has 1 N–H and O–H groups in total. The van der Waals surface area contributed by atoms with Gasteiger partial charge in [-0.05, 0) is 47.9 Å². The predicted molar refractivity (Wildman–Crippen MR) is 119 cm³/mol. The molecule has 0 spiro atoms. The van der Waals surface area contributed by atoms with E-state index in [9.17, 15) is 9.59 Å². The Morgan fingerprint density at radius 3 is 2.50 bits per heavy atom. The molecule has 2 amide bonds. The van der Waals surface area contributed by atoms with Crippen molar-refractivity contribution < 1.29 is 19.1 Å². The first-order valence-electron chi connectivity index (χ1n) is 9.64. The Balaban J connectivity index is 2.05. The smallest absolute Gasteiger partial charge is 0.251 e. The van der Waals surface area contributed by atoms with Gasteiger partial charge in [0.1, 0.15) is 0 Å². The maximum absolute atomic E-state index is 12.5. The number of ether oxygens (including phenoxy) is 2. The number of hydrogen-bond donors (Lipinski definition) is 1. The molecule has 0 atom stereocenters. The van der Waals surface area contributed by atoms with E-state index in [1.807, 2.05) is 19.1 Å². The molecule has 0 aliphatic carbocycles. The molecular formula is C23H27ClN2O4. The minimum absolute atomic E-state index is 0.144. The number of rotatable bonds is 9. The Hall–Kier alpha value is -2.99. The third kappa shape index (κ3) is 6.26. The van der Waals surface area contributed by atoms with E-state index in [4.69, 9.17) is 21.1 Å². The van der Waals surface area contributed by atoms with Crippen LogP contribution in [-0.2, 0) is 11.3 Å². The van der Waals surface area contributed by atoms with Crippen molar-refractivity contribution in [1.29, 1.82) is 0 Å². The van der Waals surface area contributed by atoms with Gasteiger partial charge in [-0.3, -0.25) is 9.59 Å². The SMILES string of the molecule is CCCOc1c(Cl)cc(/C=C/C(=O)N(C)Cc2ccc(C(=O)NC)cc2)cc1OC. The summed E-state index contributed by atoms with van der Waals surface area (Å²) in [6.07, 6.45) is 4.03. The van der Waals surface area contributed by atoms with Crippen LogP contribution in [0, 0.1) is 0 Å². The molecule has 2 aromatic rings. The molecule has 30 heavy (non-hydrogen) atoms. The standard InChI is InChI=1S/C23H27ClN2O4/c1-5-12-30-22-19(24)13-17(14-20(22)29-4)8-11-21(27)26(3)15-16-6-9-18(10-7-16)23(28)25-2/h6-11,13-14H,5,12,15H2,1-4H3,(H,25,28)/b11-8+. The number of benzene rings is 2. The van der Waals surface area contributed by atoms with Gasteiger partial charge < -0.3 is 19.7 Å². The van der Waals surface area contributed by atoms with Crippen molar-refractivity contribution in [3.05, 3.63) is 64.2 Å². The lowest BCUT2D eigenvalue weighted by molar-refractivity contribution is -0.125. The summed E-state index contributed by atoms with van der Waals surface area (Å²) in [6.45, 7) is 2.97. The molecule has 2 rings (SSSR count). The van der Waals surface area contributed by atoms with Gasteiger partial charge in [0.05, 0.1) is 18.7 Å². The Morgan fingerprint density at radius 1 is 1.20 bits per heavy atom. The van der Waals surface area contributed by atoms with E-state index in [1.165, 1.54) is 6.08 Å². The number of carbonyl (C=O) groups is 2. The van der Waals surface area contributed by atoms with Crippen LogP contribution in [0.25, 0.3) is 6.08 Å². The number of nitrogens with zero attached hydrogens (tertiary/aromatic N) is 1. The van der Waals surface area contributed by atoms with Gasteiger partial charge in [0.2, 0.25) is 5.91 Å². The zero-order valence-corrected chi connectivity index (χ0v) is 18.5. The van der Waals surface area contributed by atoms with Crippen LogP contribution in [0.4, 0.5) is 0 Å². The fourth-order valence-electron chi connectivity index (χ4n) is 2.73. The summed E-state index contributed by atoms with van der Waals surface area (Å²) >= 11 is 6.32. The first-order chi connectivity index (χ1) is 14.4. The summed E-state index contributed by atoms with van der Waals surface area (Å²) in [7, 11) is 4.85. The van der Waals surface area contributed by atoms with Gasteiger partial charge in [-0.1, -0.05) is 30.7 Å². The van der Waals surface area contributed by atoms with Gasteiger partial charge in [0.25, 0.3) is 5.91 Å². The highest BCUT2D eigenvalue weighted by Gasteiger charge is 2.12. The normalized spacial score (nSPS) is 10.7. The molecule has 0 unspecified atom stereocenters. The van der Waals surface area contributed by atoms with E-state index in [0.29, 0.717) is 35.2 Å². The van der Waals surface area contributed by atoms with Gasteiger partial charge in [0, 0.05) is 32.3 Å². The lowest BCUT2D eigenvalue weighted by Crippen LogP contribution is -2.24. The van der Waals surface area contributed by atoms with Crippen molar-refractivity contribution in [2.45, 2.75) is 19.9 Å². The number of hydrogen-bond acceptors (Lipinski definition) is 4. The third-order valence-electron chi connectivity index (χ3n) is 4.36. The molecule has 0 radical (unpaired) electrons. The Morgan fingerprint density at radius 2 is 1.90 bits per heavy atom. The minimum Gasteiger partial charge on any atom is -0.493 e. The largest absolute Gasteiger partial charge is 0.493 e. The second-order valence-electron chi connectivity index (χ2n) is 6.69. The summed E-state index contributed by atoms with van der Waals surface area (Å²) in [6, 6.07) is 10.6. The van der Waals surface area contributed by atoms with Gasteiger partial charge >= 0.3 is 0 Å². The first-order valence-corrected chi connectivity index (χ1v) is 10.0. The first kappa shape index (κ1) is 23.3. The van der Waals surface area contributed by atoms with Crippen LogP contribution in [0.5, 0.6) is 11.5 Å². The zero-order valence-electron chi connectivity index (χ0n) is 17.7. The molecule has 6 nitrogen and oxygen atoms in total. The van der Waals surface area contributed by atoms with Crippen molar-refractivity contribution >= 4 is 29.5 Å². The number of halogens is 1. The Kier molecular flexibility index (Phi) is 8.74. The van der Waals surface area contributed by atoms with E-state index in [0.717, 1.165) is 17.5 Å². The third-order valence-corrected chi connectivity index (χ3v) is 4.64. The van der Waals surface area contributed by atoms with Crippen molar-refractivity contribution in [2.75, 3.05) is 27.8 Å².